The van der Waals surface area contributed by atoms with Gasteiger partial charge in [0.05, 0.1) is 0 Å². The maximum absolute atomic E-state index is 5.94. The summed E-state index contributed by atoms with van der Waals surface area (Å²) in [7, 11) is 0. The summed E-state index contributed by atoms with van der Waals surface area (Å²) in [6.45, 7) is 1.22. The molecule has 0 atom stereocenters. The van der Waals surface area contributed by atoms with Crippen LogP contribution >= 0.6 is 11.6 Å². The SMILES string of the molecule is NCCNc1nnc(Cl)c2ccccc12. The molecule has 0 saturated heterocycles. The first-order valence-electron chi connectivity index (χ1n) is 4.68. The Morgan fingerprint density at radius 1 is 1.20 bits per heavy atom. The molecule has 0 aliphatic heterocycles. The standard InChI is InChI=1S/C10H11ClN4/c11-9-7-3-1-2-4-8(7)10(15-14-9)13-6-5-12/h1-4H,5-6,12H2,(H,13,15). The summed E-state index contributed by atoms with van der Waals surface area (Å²) in [5.74, 6) is 0.723. The number of nitrogens with one attached hydrogen (secondary N) is 1. The molecular weight excluding hydrogens is 212 g/mol. The number of hydrogen-bond acceptors (Lipinski definition) is 4. The van der Waals surface area contributed by atoms with Crippen LogP contribution in [0.4, 0.5) is 5.82 Å². The lowest BCUT2D eigenvalue weighted by molar-refractivity contribution is 0.981. The van der Waals surface area contributed by atoms with Crippen LogP contribution in [0.15, 0.2) is 24.3 Å². The number of nitrogens with two attached hydrogens (primary N) is 1. The van der Waals surface area contributed by atoms with Gasteiger partial charge in [0.2, 0.25) is 0 Å². The molecule has 0 radical (unpaired) electrons. The number of anilines is 1. The zero-order chi connectivity index (χ0) is 10.7. The first-order chi connectivity index (χ1) is 7.33. The van der Waals surface area contributed by atoms with Crippen LogP contribution in [0.5, 0.6) is 0 Å². The monoisotopic (exact) mass is 222 g/mol. The summed E-state index contributed by atoms with van der Waals surface area (Å²) in [5.41, 5.74) is 5.41. The van der Waals surface area contributed by atoms with Crippen molar-refractivity contribution in [3.8, 4) is 0 Å². The van der Waals surface area contributed by atoms with Crippen molar-refractivity contribution in [1.29, 1.82) is 0 Å². The van der Waals surface area contributed by atoms with Crippen molar-refractivity contribution in [2.24, 2.45) is 5.73 Å². The molecule has 0 spiro atoms. The Kier molecular flexibility index (Phi) is 2.99. The number of rotatable bonds is 3. The van der Waals surface area contributed by atoms with Gasteiger partial charge in [-0.3, -0.25) is 0 Å². The molecule has 0 fully saturated rings. The van der Waals surface area contributed by atoms with Crippen molar-refractivity contribution in [3.63, 3.8) is 0 Å². The molecular formula is C10H11ClN4. The fourth-order valence-electron chi connectivity index (χ4n) is 1.39. The van der Waals surface area contributed by atoms with Crippen molar-refractivity contribution >= 4 is 28.2 Å². The van der Waals surface area contributed by atoms with Gasteiger partial charge in [0.15, 0.2) is 11.0 Å². The third kappa shape index (κ3) is 2.00. The van der Waals surface area contributed by atoms with Crippen molar-refractivity contribution in [3.05, 3.63) is 29.4 Å². The second-order valence-electron chi connectivity index (χ2n) is 3.10. The van der Waals surface area contributed by atoms with Crippen LogP contribution in [0.1, 0.15) is 0 Å². The quantitative estimate of drug-likeness (QED) is 0.829. The Morgan fingerprint density at radius 3 is 2.67 bits per heavy atom. The van der Waals surface area contributed by atoms with Gasteiger partial charge in [0.1, 0.15) is 0 Å². The molecule has 0 aliphatic rings. The Bertz CT molecular complexity index is 472. The molecule has 0 bridgehead atoms. The van der Waals surface area contributed by atoms with E-state index in [0.29, 0.717) is 18.2 Å². The topological polar surface area (TPSA) is 63.8 Å². The number of halogens is 1. The summed E-state index contributed by atoms with van der Waals surface area (Å²) in [6, 6.07) is 7.73. The summed E-state index contributed by atoms with van der Waals surface area (Å²) in [4.78, 5) is 0. The summed E-state index contributed by atoms with van der Waals surface area (Å²) in [6.07, 6.45) is 0. The number of aromatic nitrogens is 2. The third-order valence-corrected chi connectivity index (χ3v) is 2.36. The predicted molar refractivity (Wildman–Crippen MR) is 62.1 cm³/mol. The van der Waals surface area contributed by atoms with Crippen molar-refractivity contribution in [2.75, 3.05) is 18.4 Å². The predicted octanol–water partition coefficient (Wildman–Crippen LogP) is 1.65. The lowest BCUT2D eigenvalue weighted by atomic mass is 10.2. The van der Waals surface area contributed by atoms with Crippen LogP contribution in [0.25, 0.3) is 10.8 Å². The zero-order valence-electron chi connectivity index (χ0n) is 8.07. The molecule has 1 aromatic carbocycles. The maximum atomic E-state index is 5.94. The van der Waals surface area contributed by atoms with E-state index in [9.17, 15) is 0 Å². The van der Waals surface area contributed by atoms with Crippen LogP contribution < -0.4 is 11.1 Å². The van der Waals surface area contributed by atoms with Gasteiger partial charge in [0.25, 0.3) is 0 Å². The minimum atomic E-state index is 0.420. The van der Waals surface area contributed by atoms with Gasteiger partial charge in [-0.2, -0.15) is 0 Å². The van der Waals surface area contributed by atoms with E-state index in [1.807, 2.05) is 24.3 Å². The van der Waals surface area contributed by atoms with Gasteiger partial charge in [-0.25, -0.2) is 0 Å². The lowest BCUT2D eigenvalue weighted by Gasteiger charge is -2.07. The average molecular weight is 223 g/mol. The smallest absolute Gasteiger partial charge is 0.159 e. The zero-order valence-corrected chi connectivity index (χ0v) is 8.83. The lowest BCUT2D eigenvalue weighted by Crippen LogP contribution is -2.14. The molecule has 0 amide bonds. The molecule has 0 aliphatic carbocycles. The van der Waals surface area contributed by atoms with Crippen LogP contribution in [0.2, 0.25) is 5.15 Å². The minimum Gasteiger partial charge on any atom is -0.367 e. The summed E-state index contributed by atoms with van der Waals surface area (Å²) >= 11 is 5.94. The molecule has 15 heavy (non-hydrogen) atoms. The van der Waals surface area contributed by atoms with E-state index < -0.39 is 0 Å². The van der Waals surface area contributed by atoms with Gasteiger partial charge in [0, 0.05) is 23.9 Å². The maximum Gasteiger partial charge on any atom is 0.159 e. The minimum absolute atomic E-state index is 0.420. The van der Waals surface area contributed by atoms with Crippen molar-refractivity contribution < 1.29 is 0 Å². The fraction of sp³-hybridized carbons (Fsp3) is 0.200. The van der Waals surface area contributed by atoms with Crippen molar-refractivity contribution in [1.82, 2.24) is 10.2 Å². The molecule has 3 N–H and O–H groups in total. The summed E-state index contributed by atoms with van der Waals surface area (Å²) in [5, 5.41) is 13.3. The average Bonchev–Trinajstić information content (AvgIpc) is 2.29. The number of nitrogens with zero attached hydrogens (tertiary/aromatic N) is 2. The molecule has 4 nitrogen and oxygen atoms in total. The largest absolute Gasteiger partial charge is 0.367 e. The number of fused-ring (bicyclic) bond motifs is 1. The number of hydrogen-bond donors (Lipinski definition) is 2. The molecule has 0 saturated carbocycles. The van der Waals surface area contributed by atoms with E-state index in [1.165, 1.54) is 0 Å². The molecule has 2 rings (SSSR count). The number of benzene rings is 1. The second-order valence-corrected chi connectivity index (χ2v) is 3.46. The molecule has 0 unspecified atom stereocenters. The van der Waals surface area contributed by atoms with Gasteiger partial charge in [-0.15, -0.1) is 10.2 Å². The summed E-state index contributed by atoms with van der Waals surface area (Å²) < 4.78 is 0. The van der Waals surface area contributed by atoms with E-state index in [0.717, 1.165) is 16.6 Å². The fourth-order valence-corrected chi connectivity index (χ4v) is 1.59. The Labute approximate surface area is 92.4 Å². The molecule has 2 aromatic rings. The molecule has 78 valence electrons. The Balaban J connectivity index is 2.51. The molecule has 5 heteroatoms. The van der Waals surface area contributed by atoms with E-state index in [-0.39, 0.29) is 0 Å². The third-order valence-electron chi connectivity index (χ3n) is 2.08. The highest BCUT2D eigenvalue weighted by Gasteiger charge is 2.05. The molecule has 1 aromatic heterocycles. The van der Waals surface area contributed by atoms with Gasteiger partial charge >= 0.3 is 0 Å². The molecule has 1 heterocycles. The van der Waals surface area contributed by atoms with Crippen LogP contribution in [0, 0.1) is 0 Å². The van der Waals surface area contributed by atoms with E-state index in [1.54, 1.807) is 0 Å². The van der Waals surface area contributed by atoms with E-state index in [2.05, 4.69) is 15.5 Å². The van der Waals surface area contributed by atoms with Crippen LogP contribution in [0.3, 0.4) is 0 Å². The highest BCUT2D eigenvalue weighted by Crippen LogP contribution is 2.25. The van der Waals surface area contributed by atoms with Crippen LogP contribution in [-0.4, -0.2) is 23.3 Å². The Morgan fingerprint density at radius 2 is 1.93 bits per heavy atom. The highest BCUT2D eigenvalue weighted by molar-refractivity contribution is 6.34. The van der Waals surface area contributed by atoms with Gasteiger partial charge in [-0.1, -0.05) is 35.9 Å². The second kappa shape index (κ2) is 4.42. The Hall–Kier alpha value is -1.39. The van der Waals surface area contributed by atoms with E-state index >= 15 is 0 Å². The van der Waals surface area contributed by atoms with Gasteiger partial charge < -0.3 is 11.1 Å². The van der Waals surface area contributed by atoms with Crippen molar-refractivity contribution in [2.45, 2.75) is 0 Å². The first kappa shape index (κ1) is 10.1. The normalized spacial score (nSPS) is 10.5. The van der Waals surface area contributed by atoms with E-state index in [4.69, 9.17) is 17.3 Å². The van der Waals surface area contributed by atoms with Gasteiger partial charge in [-0.05, 0) is 0 Å². The highest BCUT2D eigenvalue weighted by atomic mass is 35.5. The van der Waals surface area contributed by atoms with Crippen LogP contribution in [-0.2, 0) is 0 Å². The first-order valence-corrected chi connectivity index (χ1v) is 5.05.